The second-order valence-electron chi connectivity index (χ2n) is 5.54. The molecule has 0 N–H and O–H groups in total. The standard InChI is InChI=1S/C17H34O2/c1-4-7-9-10-11-13-15-19-17(18)16(6-3)14-12-8-5-2/h16H,4-15H2,1-3H3. The minimum atomic E-state index is 0.0344. The number of unbranched alkanes of at least 4 members (excludes halogenated alkanes) is 7. The second kappa shape index (κ2) is 13.9. The van der Waals surface area contributed by atoms with Gasteiger partial charge in [-0.3, -0.25) is 4.79 Å². The monoisotopic (exact) mass is 270 g/mol. The van der Waals surface area contributed by atoms with Crippen molar-refractivity contribution >= 4 is 5.97 Å². The Morgan fingerprint density at radius 1 is 0.842 bits per heavy atom. The van der Waals surface area contributed by atoms with Gasteiger partial charge >= 0.3 is 5.97 Å². The number of hydrogen-bond acceptors (Lipinski definition) is 2. The molecule has 0 bridgehead atoms. The van der Waals surface area contributed by atoms with Gasteiger partial charge < -0.3 is 4.74 Å². The van der Waals surface area contributed by atoms with E-state index in [0.717, 1.165) is 25.7 Å². The molecule has 0 aliphatic rings. The smallest absolute Gasteiger partial charge is 0.308 e. The molecule has 114 valence electrons. The van der Waals surface area contributed by atoms with Gasteiger partial charge in [0, 0.05) is 0 Å². The summed E-state index contributed by atoms with van der Waals surface area (Å²) < 4.78 is 5.39. The second-order valence-corrected chi connectivity index (χ2v) is 5.54. The fraction of sp³-hybridized carbons (Fsp3) is 0.941. The molecular weight excluding hydrogens is 236 g/mol. The molecule has 0 rings (SSSR count). The number of carbonyl (C=O) groups excluding carboxylic acids is 1. The summed E-state index contributed by atoms with van der Waals surface area (Å²) in [5.41, 5.74) is 0. The Balaban J connectivity index is 3.53. The summed E-state index contributed by atoms with van der Waals surface area (Å²) in [5, 5.41) is 0. The molecule has 19 heavy (non-hydrogen) atoms. The third kappa shape index (κ3) is 11.0. The van der Waals surface area contributed by atoms with Gasteiger partial charge in [-0.05, 0) is 19.3 Å². The van der Waals surface area contributed by atoms with Crippen LogP contribution in [0.5, 0.6) is 0 Å². The molecule has 0 aliphatic heterocycles. The number of esters is 1. The summed E-state index contributed by atoms with van der Waals surface area (Å²) in [6, 6.07) is 0. The van der Waals surface area contributed by atoms with Crippen LogP contribution in [0.4, 0.5) is 0 Å². The van der Waals surface area contributed by atoms with Crippen LogP contribution in [0.2, 0.25) is 0 Å². The molecule has 1 unspecified atom stereocenters. The quantitative estimate of drug-likeness (QED) is 0.326. The lowest BCUT2D eigenvalue weighted by Crippen LogP contribution is -2.17. The highest BCUT2D eigenvalue weighted by Crippen LogP contribution is 2.15. The topological polar surface area (TPSA) is 26.3 Å². The number of hydrogen-bond donors (Lipinski definition) is 0. The van der Waals surface area contributed by atoms with E-state index < -0.39 is 0 Å². The van der Waals surface area contributed by atoms with Crippen molar-refractivity contribution in [2.75, 3.05) is 6.61 Å². The normalized spacial score (nSPS) is 12.4. The Bertz CT molecular complexity index is 201. The van der Waals surface area contributed by atoms with Crippen LogP contribution in [0.15, 0.2) is 0 Å². The third-order valence-corrected chi connectivity index (χ3v) is 3.72. The molecule has 0 aromatic rings. The van der Waals surface area contributed by atoms with Crippen molar-refractivity contribution in [2.45, 2.75) is 91.4 Å². The first-order valence-electron chi connectivity index (χ1n) is 8.42. The largest absolute Gasteiger partial charge is 0.465 e. The molecule has 0 aliphatic carbocycles. The van der Waals surface area contributed by atoms with Gasteiger partial charge in [-0.2, -0.15) is 0 Å². The minimum Gasteiger partial charge on any atom is -0.465 e. The maximum atomic E-state index is 11.9. The first kappa shape index (κ1) is 18.5. The zero-order chi connectivity index (χ0) is 14.3. The van der Waals surface area contributed by atoms with Gasteiger partial charge in [0.2, 0.25) is 0 Å². The molecule has 1 atom stereocenters. The molecule has 0 aromatic heterocycles. The fourth-order valence-corrected chi connectivity index (χ4v) is 2.30. The zero-order valence-corrected chi connectivity index (χ0v) is 13.4. The van der Waals surface area contributed by atoms with Gasteiger partial charge in [-0.25, -0.2) is 0 Å². The van der Waals surface area contributed by atoms with E-state index in [1.54, 1.807) is 0 Å². The van der Waals surface area contributed by atoms with Gasteiger partial charge in [0.1, 0.15) is 0 Å². The molecule has 0 radical (unpaired) electrons. The van der Waals surface area contributed by atoms with Crippen LogP contribution in [0.1, 0.15) is 91.4 Å². The Hall–Kier alpha value is -0.530. The Morgan fingerprint density at radius 3 is 2.05 bits per heavy atom. The zero-order valence-electron chi connectivity index (χ0n) is 13.4. The van der Waals surface area contributed by atoms with E-state index in [-0.39, 0.29) is 11.9 Å². The fourth-order valence-electron chi connectivity index (χ4n) is 2.30. The van der Waals surface area contributed by atoms with Gasteiger partial charge in [-0.15, -0.1) is 0 Å². The summed E-state index contributed by atoms with van der Waals surface area (Å²) >= 11 is 0. The molecule has 2 heteroatoms. The minimum absolute atomic E-state index is 0.0344. The van der Waals surface area contributed by atoms with Crippen LogP contribution >= 0.6 is 0 Å². The lowest BCUT2D eigenvalue weighted by atomic mass is 9.99. The average Bonchev–Trinajstić information content (AvgIpc) is 2.42. The van der Waals surface area contributed by atoms with Crippen LogP contribution in [0.25, 0.3) is 0 Å². The summed E-state index contributed by atoms with van der Waals surface area (Å²) in [6.45, 7) is 7.13. The molecule has 0 saturated heterocycles. The van der Waals surface area contributed by atoms with Crippen molar-refractivity contribution in [2.24, 2.45) is 5.92 Å². The summed E-state index contributed by atoms with van der Waals surface area (Å²) in [6.07, 6.45) is 12.9. The van der Waals surface area contributed by atoms with Gasteiger partial charge in [-0.1, -0.05) is 72.1 Å². The van der Waals surface area contributed by atoms with Crippen molar-refractivity contribution in [1.82, 2.24) is 0 Å². The molecule has 0 aromatic carbocycles. The van der Waals surface area contributed by atoms with Crippen molar-refractivity contribution in [1.29, 1.82) is 0 Å². The Morgan fingerprint density at radius 2 is 1.42 bits per heavy atom. The first-order chi connectivity index (χ1) is 9.26. The highest BCUT2D eigenvalue weighted by atomic mass is 16.5. The van der Waals surface area contributed by atoms with E-state index in [1.165, 1.54) is 44.9 Å². The van der Waals surface area contributed by atoms with Crippen LogP contribution in [0, 0.1) is 5.92 Å². The molecule has 0 heterocycles. The highest BCUT2D eigenvalue weighted by molar-refractivity contribution is 5.72. The molecule has 0 spiro atoms. The molecule has 0 saturated carbocycles. The van der Waals surface area contributed by atoms with Gasteiger partial charge in [0.25, 0.3) is 0 Å². The van der Waals surface area contributed by atoms with E-state index in [0.29, 0.717) is 6.61 Å². The first-order valence-corrected chi connectivity index (χ1v) is 8.42. The summed E-state index contributed by atoms with van der Waals surface area (Å²) in [7, 11) is 0. The molecule has 0 fully saturated rings. The molecule has 0 amide bonds. The number of rotatable bonds is 13. The van der Waals surface area contributed by atoms with Crippen molar-refractivity contribution in [3.05, 3.63) is 0 Å². The van der Waals surface area contributed by atoms with Crippen LogP contribution in [-0.4, -0.2) is 12.6 Å². The van der Waals surface area contributed by atoms with Crippen LogP contribution in [-0.2, 0) is 9.53 Å². The Labute approximate surface area is 120 Å². The van der Waals surface area contributed by atoms with Crippen molar-refractivity contribution in [3.8, 4) is 0 Å². The number of ether oxygens (including phenoxy) is 1. The van der Waals surface area contributed by atoms with Gasteiger partial charge in [0.05, 0.1) is 12.5 Å². The highest BCUT2D eigenvalue weighted by Gasteiger charge is 2.16. The number of carbonyl (C=O) groups is 1. The van der Waals surface area contributed by atoms with Crippen LogP contribution in [0.3, 0.4) is 0 Å². The predicted molar refractivity (Wildman–Crippen MR) is 82.3 cm³/mol. The van der Waals surface area contributed by atoms with Crippen molar-refractivity contribution < 1.29 is 9.53 Å². The van der Waals surface area contributed by atoms with E-state index in [1.807, 2.05) is 0 Å². The third-order valence-electron chi connectivity index (χ3n) is 3.72. The average molecular weight is 270 g/mol. The van der Waals surface area contributed by atoms with Crippen molar-refractivity contribution in [3.63, 3.8) is 0 Å². The van der Waals surface area contributed by atoms with E-state index in [4.69, 9.17) is 4.74 Å². The Kier molecular flexibility index (Phi) is 13.5. The SMILES string of the molecule is CCCCCCCCOC(=O)C(CC)CCCCC. The lowest BCUT2D eigenvalue weighted by Gasteiger charge is -2.13. The summed E-state index contributed by atoms with van der Waals surface area (Å²) in [5.74, 6) is 0.166. The summed E-state index contributed by atoms with van der Waals surface area (Å²) in [4.78, 5) is 11.9. The molecule has 2 nitrogen and oxygen atoms in total. The predicted octanol–water partition coefficient (Wildman–Crippen LogP) is 5.50. The van der Waals surface area contributed by atoms with E-state index >= 15 is 0 Å². The maximum absolute atomic E-state index is 11.9. The van der Waals surface area contributed by atoms with Crippen LogP contribution < -0.4 is 0 Å². The van der Waals surface area contributed by atoms with E-state index in [2.05, 4.69) is 20.8 Å². The van der Waals surface area contributed by atoms with Gasteiger partial charge in [0.15, 0.2) is 0 Å². The lowest BCUT2D eigenvalue weighted by molar-refractivity contribution is -0.149. The van der Waals surface area contributed by atoms with E-state index in [9.17, 15) is 4.79 Å². The molecular formula is C17H34O2. The maximum Gasteiger partial charge on any atom is 0.308 e.